The predicted octanol–water partition coefficient (Wildman–Crippen LogP) is 0.284. The molecule has 118 valence electrons. The topological polar surface area (TPSA) is 102 Å². The summed E-state index contributed by atoms with van der Waals surface area (Å²) in [6.45, 7) is 1.50. The Balaban J connectivity index is 1.79. The van der Waals surface area contributed by atoms with Gasteiger partial charge in [0.25, 0.3) is 0 Å². The van der Waals surface area contributed by atoms with Crippen molar-refractivity contribution >= 4 is 15.9 Å². The first-order chi connectivity index (χ1) is 9.98. The zero-order valence-corrected chi connectivity index (χ0v) is 12.6. The van der Waals surface area contributed by atoms with Gasteiger partial charge in [0.05, 0.1) is 7.11 Å². The second-order valence-corrected chi connectivity index (χ2v) is 6.76. The summed E-state index contributed by atoms with van der Waals surface area (Å²) in [4.78, 5) is 16.9. The van der Waals surface area contributed by atoms with E-state index in [0.29, 0.717) is 0 Å². The molecule has 1 amide bonds. The number of nitrogens with zero attached hydrogens (tertiary/aromatic N) is 2. The van der Waals surface area contributed by atoms with Gasteiger partial charge < -0.3 is 9.36 Å². The van der Waals surface area contributed by atoms with Gasteiger partial charge in [-0.3, -0.25) is 9.52 Å². The zero-order chi connectivity index (χ0) is 15.3. The van der Waals surface area contributed by atoms with E-state index in [4.69, 9.17) is 4.84 Å². The minimum atomic E-state index is -3.73. The van der Waals surface area contributed by atoms with E-state index in [-0.39, 0.29) is 23.8 Å². The van der Waals surface area contributed by atoms with Crippen LogP contribution >= 0.6 is 0 Å². The van der Waals surface area contributed by atoms with Crippen molar-refractivity contribution in [2.75, 3.05) is 20.2 Å². The highest BCUT2D eigenvalue weighted by atomic mass is 32.2. The normalized spacial score (nSPS) is 17.8. The minimum Gasteiger partial charge on any atom is -0.364 e. The first kappa shape index (κ1) is 15.9. The lowest BCUT2D eigenvalue weighted by molar-refractivity contribution is -0.149. The molecule has 1 aliphatic rings. The number of hydrogen-bond acceptors (Lipinski definition) is 7. The van der Waals surface area contributed by atoms with E-state index >= 15 is 0 Å². The number of piperidine rings is 1. The molecule has 0 atom stereocenters. The fourth-order valence-corrected chi connectivity index (χ4v) is 3.36. The fraction of sp³-hybridized carbons (Fsp3) is 0.667. The molecule has 0 radical (unpaired) electrons. The molecule has 0 unspecified atom stereocenters. The number of hydrogen-bond donors (Lipinski definition) is 1. The number of rotatable bonds is 6. The molecule has 1 N–H and O–H groups in total. The number of nitrogens with one attached hydrogen (secondary N) is 1. The van der Waals surface area contributed by atoms with Gasteiger partial charge in [-0.25, -0.2) is 8.42 Å². The number of aromatic nitrogens is 1. The van der Waals surface area contributed by atoms with Gasteiger partial charge in [0.2, 0.25) is 15.9 Å². The van der Waals surface area contributed by atoms with E-state index in [9.17, 15) is 13.2 Å². The van der Waals surface area contributed by atoms with E-state index in [2.05, 4.69) is 14.4 Å². The van der Waals surface area contributed by atoms with Crippen LogP contribution in [0.1, 0.15) is 25.0 Å². The van der Waals surface area contributed by atoms with E-state index in [1.807, 2.05) is 5.06 Å². The van der Waals surface area contributed by atoms with Crippen LogP contribution in [0.2, 0.25) is 0 Å². The van der Waals surface area contributed by atoms with Crippen molar-refractivity contribution in [3.63, 3.8) is 0 Å². The minimum absolute atomic E-state index is 0.179. The summed E-state index contributed by atoms with van der Waals surface area (Å²) in [6.07, 6.45) is 3.11. The van der Waals surface area contributed by atoms with Crippen LogP contribution in [0, 0.1) is 5.92 Å². The maximum absolute atomic E-state index is 11.8. The van der Waals surface area contributed by atoms with Crippen molar-refractivity contribution in [2.24, 2.45) is 5.92 Å². The van der Waals surface area contributed by atoms with Crippen LogP contribution in [0.5, 0.6) is 0 Å². The van der Waals surface area contributed by atoms with Crippen LogP contribution in [0.25, 0.3) is 0 Å². The third kappa shape index (κ3) is 5.10. The van der Waals surface area contributed by atoms with Crippen LogP contribution in [-0.4, -0.2) is 44.7 Å². The molecule has 1 fully saturated rings. The maximum atomic E-state index is 11.8. The molecular formula is C12H19N3O5S. The standard InChI is InChI=1S/C12H19N3O5S/c1-19-15-5-2-10(3-6-15)8-12(16)14-21(17,18)9-11-4-7-20-13-11/h4,7,10H,2-3,5-6,8-9H2,1H3,(H,14,16). The highest BCUT2D eigenvalue weighted by molar-refractivity contribution is 7.89. The zero-order valence-electron chi connectivity index (χ0n) is 11.8. The smallest absolute Gasteiger partial charge is 0.240 e. The van der Waals surface area contributed by atoms with E-state index in [1.54, 1.807) is 7.11 Å². The molecule has 21 heavy (non-hydrogen) atoms. The van der Waals surface area contributed by atoms with Crippen molar-refractivity contribution in [1.29, 1.82) is 0 Å². The quantitative estimate of drug-likeness (QED) is 0.804. The molecule has 1 aromatic heterocycles. The molecule has 1 aromatic rings. The molecule has 1 saturated heterocycles. The van der Waals surface area contributed by atoms with Crippen molar-refractivity contribution in [1.82, 2.24) is 14.9 Å². The summed E-state index contributed by atoms with van der Waals surface area (Å²) in [5, 5.41) is 5.35. The Morgan fingerprint density at radius 1 is 1.52 bits per heavy atom. The lowest BCUT2D eigenvalue weighted by atomic mass is 9.94. The van der Waals surface area contributed by atoms with Crippen LogP contribution in [0.3, 0.4) is 0 Å². The molecular weight excluding hydrogens is 298 g/mol. The van der Waals surface area contributed by atoms with Crippen LogP contribution in [0.15, 0.2) is 16.9 Å². The second kappa shape index (κ2) is 7.01. The Hall–Kier alpha value is -1.45. The number of carbonyl (C=O) groups excluding carboxylic acids is 1. The summed E-state index contributed by atoms with van der Waals surface area (Å²) in [6, 6.07) is 1.45. The van der Waals surface area contributed by atoms with Crippen molar-refractivity contribution < 1.29 is 22.6 Å². The number of carbonyl (C=O) groups is 1. The van der Waals surface area contributed by atoms with Gasteiger partial charge in [0.1, 0.15) is 17.7 Å². The molecule has 0 aromatic carbocycles. The molecule has 9 heteroatoms. The SMILES string of the molecule is CON1CCC(CC(=O)NS(=O)(=O)Cc2ccon2)CC1. The molecule has 0 saturated carbocycles. The average molecular weight is 317 g/mol. The first-order valence-electron chi connectivity index (χ1n) is 6.70. The van der Waals surface area contributed by atoms with Gasteiger partial charge in [-0.1, -0.05) is 5.16 Å². The second-order valence-electron chi connectivity index (χ2n) is 5.03. The highest BCUT2D eigenvalue weighted by Gasteiger charge is 2.24. The Labute approximate surface area is 123 Å². The Kier molecular flexibility index (Phi) is 5.32. The van der Waals surface area contributed by atoms with Gasteiger partial charge in [-0.2, -0.15) is 5.06 Å². The van der Waals surface area contributed by atoms with Gasteiger partial charge in [0.15, 0.2) is 0 Å². The molecule has 0 spiro atoms. The van der Waals surface area contributed by atoms with Gasteiger partial charge in [-0.15, -0.1) is 0 Å². The predicted molar refractivity (Wildman–Crippen MR) is 73.2 cm³/mol. The van der Waals surface area contributed by atoms with Crippen LogP contribution in [0.4, 0.5) is 0 Å². The molecule has 2 heterocycles. The molecule has 1 aliphatic heterocycles. The van der Waals surface area contributed by atoms with Crippen molar-refractivity contribution in [3.8, 4) is 0 Å². The van der Waals surface area contributed by atoms with Gasteiger partial charge in [0, 0.05) is 25.6 Å². The summed E-state index contributed by atoms with van der Waals surface area (Å²) in [5.74, 6) is -0.662. The van der Waals surface area contributed by atoms with Crippen LogP contribution < -0.4 is 4.72 Å². The average Bonchev–Trinajstić information content (AvgIpc) is 2.90. The number of hydroxylamine groups is 2. The van der Waals surface area contributed by atoms with E-state index < -0.39 is 15.9 Å². The summed E-state index contributed by atoms with van der Waals surface area (Å²) in [5.41, 5.74) is 0.267. The summed E-state index contributed by atoms with van der Waals surface area (Å²) in [7, 11) is -2.11. The molecule has 8 nitrogen and oxygen atoms in total. The van der Waals surface area contributed by atoms with E-state index in [1.165, 1.54) is 12.3 Å². The Morgan fingerprint density at radius 3 is 2.81 bits per heavy atom. The summed E-state index contributed by atoms with van der Waals surface area (Å²) < 4.78 is 30.3. The lowest BCUT2D eigenvalue weighted by Crippen LogP contribution is -2.37. The summed E-state index contributed by atoms with van der Waals surface area (Å²) >= 11 is 0. The maximum Gasteiger partial charge on any atom is 0.240 e. The first-order valence-corrected chi connectivity index (χ1v) is 8.35. The lowest BCUT2D eigenvalue weighted by Gasteiger charge is -2.29. The monoisotopic (exact) mass is 317 g/mol. The van der Waals surface area contributed by atoms with Crippen molar-refractivity contribution in [2.45, 2.75) is 25.0 Å². The molecule has 0 bridgehead atoms. The third-order valence-electron chi connectivity index (χ3n) is 3.40. The fourth-order valence-electron chi connectivity index (χ4n) is 2.32. The molecule has 2 rings (SSSR count). The van der Waals surface area contributed by atoms with Gasteiger partial charge >= 0.3 is 0 Å². The van der Waals surface area contributed by atoms with Gasteiger partial charge in [-0.05, 0) is 18.8 Å². The Morgan fingerprint density at radius 2 is 2.24 bits per heavy atom. The third-order valence-corrected chi connectivity index (χ3v) is 4.62. The Bertz CT molecular complexity index is 549. The highest BCUT2D eigenvalue weighted by Crippen LogP contribution is 2.20. The largest absolute Gasteiger partial charge is 0.364 e. The molecule has 0 aliphatic carbocycles. The number of amides is 1. The van der Waals surface area contributed by atoms with Crippen LogP contribution in [-0.2, 0) is 25.4 Å². The van der Waals surface area contributed by atoms with Crippen molar-refractivity contribution in [3.05, 3.63) is 18.0 Å². The number of sulfonamides is 1. The van der Waals surface area contributed by atoms with E-state index in [0.717, 1.165) is 25.9 Å².